The van der Waals surface area contributed by atoms with E-state index < -0.39 is 23.9 Å². The molecule has 1 saturated carbocycles. The van der Waals surface area contributed by atoms with Gasteiger partial charge in [0.2, 0.25) is 0 Å². The average Bonchev–Trinajstić information content (AvgIpc) is 2.86. The maximum atomic E-state index is 12.3. The summed E-state index contributed by atoms with van der Waals surface area (Å²) in [4.78, 5) is 57.5. The second-order valence-corrected chi connectivity index (χ2v) is 8.01. The van der Waals surface area contributed by atoms with Crippen molar-refractivity contribution >= 4 is 29.8 Å². The zero-order valence-electron chi connectivity index (χ0n) is 19.4. The first-order valence-electron chi connectivity index (χ1n) is 11.4. The molecule has 0 radical (unpaired) electrons. The van der Waals surface area contributed by atoms with Gasteiger partial charge in [0, 0.05) is 12.5 Å². The molecule has 2 rings (SSSR count). The minimum atomic E-state index is -0.818. The summed E-state index contributed by atoms with van der Waals surface area (Å²) in [6.45, 7) is 3.16. The van der Waals surface area contributed by atoms with Gasteiger partial charge in [0.15, 0.2) is 0 Å². The number of carbonyl (C=O) groups excluding carboxylic acids is 4. The summed E-state index contributed by atoms with van der Waals surface area (Å²) in [6, 6.07) is 6.82. The van der Waals surface area contributed by atoms with Crippen LogP contribution in [0.3, 0.4) is 0 Å². The van der Waals surface area contributed by atoms with Gasteiger partial charge < -0.3 is 24.1 Å². The zero-order chi connectivity index (χ0) is 25.6. The van der Waals surface area contributed by atoms with Crippen molar-refractivity contribution in [3.63, 3.8) is 0 Å². The Labute approximate surface area is 203 Å². The molecule has 1 N–H and O–H groups in total. The fraction of sp³-hybridized carbons (Fsp3) is 0.480. The Morgan fingerprint density at radius 2 is 1.37 bits per heavy atom. The van der Waals surface area contributed by atoms with Crippen LogP contribution in [0.5, 0.6) is 5.75 Å². The molecule has 10 heteroatoms. The van der Waals surface area contributed by atoms with Crippen LogP contribution in [-0.2, 0) is 44.6 Å². The molecular formula is C25H30O10. The Morgan fingerprint density at radius 3 is 1.94 bits per heavy atom. The zero-order valence-corrected chi connectivity index (χ0v) is 19.4. The maximum Gasteiger partial charge on any atom is 0.330 e. The van der Waals surface area contributed by atoms with Gasteiger partial charge in [-0.1, -0.05) is 18.7 Å². The summed E-state index contributed by atoms with van der Waals surface area (Å²) in [5.74, 6) is -3.21. The number of rotatable bonds is 13. The number of ether oxygens (including phenoxy) is 4. The Balaban J connectivity index is 1.60. The van der Waals surface area contributed by atoms with E-state index >= 15 is 0 Å². The van der Waals surface area contributed by atoms with Gasteiger partial charge in [-0.05, 0) is 43.4 Å². The Bertz CT molecular complexity index is 897. The third-order valence-electron chi connectivity index (χ3n) is 5.50. The van der Waals surface area contributed by atoms with E-state index in [1.807, 2.05) is 0 Å². The van der Waals surface area contributed by atoms with Crippen LogP contribution in [0.4, 0.5) is 0 Å². The predicted octanol–water partition coefficient (Wildman–Crippen LogP) is 2.62. The van der Waals surface area contributed by atoms with Crippen molar-refractivity contribution < 1.29 is 48.0 Å². The highest BCUT2D eigenvalue weighted by molar-refractivity contribution is 5.81. The molecule has 1 aliphatic rings. The van der Waals surface area contributed by atoms with Gasteiger partial charge in [0.1, 0.15) is 19.0 Å². The fourth-order valence-electron chi connectivity index (χ4n) is 3.49. The van der Waals surface area contributed by atoms with Crippen molar-refractivity contribution in [1.82, 2.24) is 0 Å². The lowest BCUT2D eigenvalue weighted by molar-refractivity contribution is -0.152. The largest absolute Gasteiger partial charge is 0.481 e. The first-order valence-corrected chi connectivity index (χ1v) is 11.4. The summed E-state index contributed by atoms with van der Waals surface area (Å²) < 4.78 is 20.0. The summed E-state index contributed by atoms with van der Waals surface area (Å²) in [6.07, 6.45) is 3.12. The Hall–Kier alpha value is -3.69. The molecule has 0 unspecified atom stereocenters. The molecule has 0 atom stereocenters. The predicted molar refractivity (Wildman–Crippen MR) is 121 cm³/mol. The molecule has 0 aliphatic heterocycles. The SMILES string of the molecule is C=CC(=O)OCCOC(=O)CCC(=O)OCCc1ccc(OC(=O)[C@H]2CC[C@H](C(=O)O)CC2)cc1. The van der Waals surface area contributed by atoms with Crippen LogP contribution in [0.1, 0.15) is 44.1 Å². The van der Waals surface area contributed by atoms with Gasteiger partial charge in [-0.3, -0.25) is 19.2 Å². The lowest BCUT2D eigenvalue weighted by Crippen LogP contribution is -2.28. The molecule has 35 heavy (non-hydrogen) atoms. The van der Waals surface area contributed by atoms with Crippen LogP contribution in [-0.4, -0.2) is 54.8 Å². The van der Waals surface area contributed by atoms with Gasteiger partial charge in [-0.25, -0.2) is 4.79 Å². The first-order chi connectivity index (χ1) is 16.8. The van der Waals surface area contributed by atoms with Gasteiger partial charge in [0.25, 0.3) is 0 Å². The lowest BCUT2D eigenvalue weighted by atomic mass is 9.82. The average molecular weight is 491 g/mol. The quantitative estimate of drug-likeness (QED) is 0.144. The second kappa shape index (κ2) is 14.5. The highest BCUT2D eigenvalue weighted by Crippen LogP contribution is 2.30. The summed E-state index contributed by atoms with van der Waals surface area (Å²) in [7, 11) is 0. The smallest absolute Gasteiger partial charge is 0.330 e. The number of carboxylic acids is 1. The number of aliphatic carboxylic acids is 1. The first kappa shape index (κ1) is 27.6. The molecule has 1 aromatic rings. The molecule has 0 heterocycles. The molecular weight excluding hydrogens is 460 g/mol. The molecule has 0 spiro atoms. The van der Waals surface area contributed by atoms with Gasteiger partial charge in [-0.15, -0.1) is 0 Å². The van der Waals surface area contributed by atoms with E-state index in [9.17, 15) is 24.0 Å². The molecule has 1 aromatic carbocycles. The van der Waals surface area contributed by atoms with Crippen molar-refractivity contribution in [2.24, 2.45) is 11.8 Å². The van der Waals surface area contributed by atoms with Gasteiger partial charge >= 0.3 is 29.8 Å². The van der Waals surface area contributed by atoms with Crippen LogP contribution >= 0.6 is 0 Å². The molecule has 0 aromatic heterocycles. The number of hydrogen-bond donors (Lipinski definition) is 1. The van der Waals surface area contributed by atoms with Gasteiger partial charge in [-0.2, -0.15) is 0 Å². The monoisotopic (exact) mass is 490 g/mol. The minimum absolute atomic E-state index is 0.0905. The van der Waals surface area contributed by atoms with Crippen molar-refractivity contribution in [1.29, 1.82) is 0 Å². The van der Waals surface area contributed by atoms with Crippen LogP contribution in [0.15, 0.2) is 36.9 Å². The van der Waals surface area contributed by atoms with E-state index in [1.165, 1.54) is 0 Å². The topological polar surface area (TPSA) is 142 Å². The fourth-order valence-corrected chi connectivity index (χ4v) is 3.49. The van der Waals surface area contributed by atoms with E-state index in [4.69, 9.17) is 19.3 Å². The van der Waals surface area contributed by atoms with E-state index in [1.54, 1.807) is 24.3 Å². The van der Waals surface area contributed by atoms with E-state index in [0.717, 1.165) is 11.6 Å². The highest BCUT2D eigenvalue weighted by atomic mass is 16.6. The number of esters is 4. The second-order valence-electron chi connectivity index (χ2n) is 8.01. The summed E-state index contributed by atoms with van der Waals surface area (Å²) in [5.41, 5.74) is 0.869. The highest BCUT2D eigenvalue weighted by Gasteiger charge is 2.30. The molecule has 0 saturated heterocycles. The number of carboxylic acid groups (broad SMARTS) is 1. The molecule has 0 amide bonds. The van der Waals surface area contributed by atoms with Crippen molar-refractivity contribution in [2.75, 3.05) is 19.8 Å². The van der Waals surface area contributed by atoms with E-state index in [-0.39, 0.29) is 50.5 Å². The van der Waals surface area contributed by atoms with E-state index in [0.29, 0.717) is 37.9 Å². The molecule has 0 bridgehead atoms. The number of carbonyl (C=O) groups is 5. The lowest BCUT2D eigenvalue weighted by Gasteiger charge is -2.24. The third kappa shape index (κ3) is 10.4. The normalized spacial score (nSPS) is 17.0. The van der Waals surface area contributed by atoms with Crippen LogP contribution in [0, 0.1) is 11.8 Å². The van der Waals surface area contributed by atoms with E-state index in [2.05, 4.69) is 11.3 Å². The van der Waals surface area contributed by atoms with Gasteiger partial charge in [0.05, 0.1) is 31.3 Å². The van der Waals surface area contributed by atoms with Crippen LogP contribution in [0.25, 0.3) is 0 Å². The van der Waals surface area contributed by atoms with Crippen molar-refractivity contribution in [3.8, 4) is 5.75 Å². The molecule has 10 nitrogen and oxygen atoms in total. The Morgan fingerprint density at radius 1 is 0.829 bits per heavy atom. The Kier molecular flexibility index (Phi) is 11.5. The summed E-state index contributed by atoms with van der Waals surface area (Å²) in [5, 5.41) is 9.04. The standard InChI is InChI=1S/C25H30O10/c1-2-21(26)33-15-16-34-23(28)12-11-22(27)32-14-13-17-3-9-20(10-4-17)35-25(31)19-7-5-18(6-8-19)24(29)30/h2-4,9-10,18-19H,1,5-8,11-16H2,(H,29,30)/t18-,19-. The number of benzene rings is 1. The van der Waals surface area contributed by atoms with Crippen molar-refractivity contribution in [3.05, 3.63) is 42.5 Å². The summed E-state index contributed by atoms with van der Waals surface area (Å²) >= 11 is 0. The molecule has 1 aliphatic carbocycles. The number of hydrogen-bond acceptors (Lipinski definition) is 9. The third-order valence-corrected chi connectivity index (χ3v) is 5.50. The maximum absolute atomic E-state index is 12.3. The van der Waals surface area contributed by atoms with Crippen LogP contribution in [0.2, 0.25) is 0 Å². The molecule has 1 fully saturated rings. The molecule has 190 valence electrons. The van der Waals surface area contributed by atoms with Crippen LogP contribution < -0.4 is 4.74 Å². The minimum Gasteiger partial charge on any atom is -0.481 e. The van der Waals surface area contributed by atoms with Crippen molar-refractivity contribution in [2.45, 2.75) is 44.9 Å².